The largest absolute Gasteiger partial charge is 0.323 e. The van der Waals surface area contributed by atoms with Crippen LogP contribution in [-0.2, 0) is 4.79 Å². The van der Waals surface area contributed by atoms with Gasteiger partial charge < -0.3 is 10.6 Å². The number of nitrogens with zero attached hydrogens (tertiary/aromatic N) is 1. The molecule has 17 heavy (non-hydrogen) atoms. The highest BCUT2D eigenvalue weighted by Crippen LogP contribution is 2.17. The number of anilines is 1. The standard InChI is InChI=1S/C13H19N3O/c1-10-12(7-4-8-14-10)16-13(17)9-15-11-5-2-3-6-11/h4,7-8,11,15H,2-3,5-6,9H2,1H3,(H,16,17). The highest BCUT2D eigenvalue weighted by Gasteiger charge is 2.15. The number of amides is 1. The van der Waals surface area contributed by atoms with Gasteiger partial charge in [-0.3, -0.25) is 9.78 Å². The van der Waals surface area contributed by atoms with Crippen LogP contribution < -0.4 is 10.6 Å². The van der Waals surface area contributed by atoms with Crippen LogP contribution in [0.5, 0.6) is 0 Å². The van der Waals surface area contributed by atoms with E-state index < -0.39 is 0 Å². The van der Waals surface area contributed by atoms with Gasteiger partial charge in [-0.1, -0.05) is 12.8 Å². The van der Waals surface area contributed by atoms with E-state index >= 15 is 0 Å². The summed E-state index contributed by atoms with van der Waals surface area (Å²) in [5, 5.41) is 6.16. The van der Waals surface area contributed by atoms with Gasteiger partial charge >= 0.3 is 0 Å². The molecule has 1 aliphatic rings. The van der Waals surface area contributed by atoms with Crippen LogP contribution >= 0.6 is 0 Å². The number of carbonyl (C=O) groups excluding carboxylic acids is 1. The summed E-state index contributed by atoms with van der Waals surface area (Å²) in [4.78, 5) is 15.9. The van der Waals surface area contributed by atoms with E-state index in [-0.39, 0.29) is 5.91 Å². The predicted octanol–water partition coefficient (Wildman–Crippen LogP) is 1.86. The zero-order chi connectivity index (χ0) is 12.1. The first-order chi connectivity index (χ1) is 8.25. The van der Waals surface area contributed by atoms with Crippen LogP contribution in [0.15, 0.2) is 18.3 Å². The summed E-state index contributed by atoms with van der Waals surface area (Å²) in [6, 6.07) is 4.22. The number of nitrogens with one attached hydrogen (secondary N) is 2. The second kappa shape index (κ2) is 5.77. The molecule has 4 nitrogen and oxygen atoms in total. The van der Waals surface area contributed by atoms with Crippen molar-refractivity contribution in [1.29, 1.82) is 0 Å². The maximum Gasteiger partial charge on any atom is 0.238 e. The molecule has 2 N–H and O–H groups in total. The Kier molecular flexibility index (Phi) is 4.09. The number of hydrogen-bond donors (Lipinski definition) is 2. The summed E-state index contributed by atoms with van der Waals surface area (Å²) < 4.78 is 0. The number of aromatic nitrogens is 1. The molecule has 0 aromatic carbocycles. The van der Waals surface area contributed by atoms with Crippen LogP contribution in [0.3, 0.4) is 0 Å². The molecule has 1 aromatic heterocycles. The maximum atomic E-state index is 11.7. The third-order valence-electron chi connectivity index (χ3n) is 3.19. The Bertz CT molecular complexity index is 386. The molecule has 1 saturated carbocycles. The number of pyridine rings is 1. The average Bonchev–Trinajstić information content (AvgIpc) is 2.82. The predicted molar refractivity (Wildman–Crippen MR) is 67.9 cm³/mol. The summed E-state index contributed by atoms with van der Waals surface area (Å²) in [6.07, 6.45) is 6.67. The van der Waals surface area contributed by atoms with E-state index in [0.717, 1.165) is 11.4 Å². The van der Waals surface area contributed by atoms with Crippen molar-refractivity contribution in [2.24, 2.45) is 0 Å². The minimum Gasteiger partial charge on any atom is -0.323 e. The van der Waals surface area contributed by atoms with Gasteiger partial charge in [0.25, 0.3) is 0 Å². The second-order valence-electron chi connectivity index (χ2n) is 4.55. The molecule has 0 spiro atoms. The van der Waals surface area contributed by atoms with Crippen molar-refractivity contribution in [3.8, 4) is 0 Å². The van der Waals surface area contributed by atoms with E-state index in [1.807, 2.05) is 19.1 Å². The Balaban J connectivity index is 1.79. The van der Waals surface area contributed by atoms with Crippen LogP contribution in [0.2, 0.25) is 0 Å². The fourth-order valence-electron chi connectivity index (χ4n) is 2.18. The third kappa shape index (κ3) is 3.53. The zero-order valence-corrected chi connectivity index (χ0v) is 10.2. The van der Waals surface area contributed by atoms with Crippen molar-refractivity contribution in [1.82, 2.24) is 10.3 Å². The van der Waals surface area contributed by atoms with Crippen molar-refractivity contribution in [3.63, 3.8) is 0 Å². The number of rotatable bonds is 4. The van der Waals surface area contributed by atoms with Gasteiger partial charge in [-0.15, -0.1) is 0 Å². The fourth-order valence-corrected chi connectivity index (χ4v) is 2.18. The van der Waals surface area contributed by atoms with Crippen molar-refractivity contribution >= 4 is 11.6 Å². The molecule has 0 unspecified atom stereocenters. The maximum absolute atomic E-state index is 11.7. The van der Waals surface area contributed by atoms with Crippen LogP contribution in [0.1, 0.15) is 31.4 Å². The van der Waals surface area contributed by atoms with E-state index in [4.69, 9.17) is 0 Å². The highest BCUT2D eigenvalue weighted by molar-refractivity contribution is 5.92. The minimum absolute atomic E-state index is 0.00741. The van der Waals surface area contributed by atoms with Gasteiger partial charge in [0.15, 0.2) is 0 Å². The quantitative estimate of drug-likeness (QED) is 0.834. The molecule has 1 heterocycles. The first kappa shape index (κ1) is 12.0. The highest BCUT2D eigenvalue weighted by atomic mass is 16.1. The molecule has 1 fully saturated rings. The molecule has 1 aromatic rings. The number of carbonyl (C=O) groups is 1. The monoisotopic (exact) mass is 233 g/mol. The smallest absolute Gasteiger partial charge is 0.238 e. The molecule has 2 rings (SSSR count). The van der Waals surface area contributed by atoms with Gasteiger partial charge in [-0.05, 0) is 31.9 Å². The summed E-state index contributed by atoms with van der Waals surface area (Å²) in [7, 11) is 0. The Morgan fingerprint density at radius 1 is 1.47 bits per heavy atom. The average molecular weight is 233 g/mol. The molecule has 0 radical (unpaired) electrons. The lowest BCUT2D eigenvalue weighted by Crippen LogP contribution is -2.34. The molecule has 1 amide bonds. The van der Waals surface area contributed by atoms with E-state index in [9.17, 15) is 4.79 Å². The Labute approximate surface area is 102 Å². The van der Waals surface area contributed by atoms with Crippen LogP contribution in [0, 0.1) is 6.92 Å². The van der Waals surface area contributed by atoms with E-state index in [0.29, 0.717) is 12.6 Å². The van der Waals surface area contributed by atoms with Crippen LogP contribution in [0.4, 0.5) is 5.69 Å². The number of aryl methyl sites for hydroxylation is 1. The number of hydrogen-bond acceptors (Lipinski definition) is 3. The Hall–Kier alpha value is -1.42. The molecule has 4 heteroatoms. The van der Waals surface area contributed by atoms with Crippen LogP contribution in [-0.4, -0.2) is 23.5 Å². The van der Waals surface area contributed by atoms with Gasteiger partial charge in [0.2, 0.25) is 5.91 Å². The third-order valence-corrected chi connectivity index (χ3v) is 3.19. The lowest BCUT2D eigenvalue weighted by atomic mass is 10.2. The second-order valence-corrected chi connectivity index (χ2v) is 4.55. The Morgan fingerprint density at radius 2 is 2.24 bits per heavy atom. The lowest BCUT2D eigenvalue weighted by Gasteiger charge is -2.12. The molecule has 0 atom stereocenters. The molecule has 92 valence electrons. The summed E-state index contributed by atoms with van der Waals surface area (Å²) in [5.74, 6) is 0.00741. The zero-order valence-electron chi connectivity index (χ0n) is 10.2. The van der Waals surface area contributed by atoms with Gasteiger partial charge in [-0.25, -0.2) is 0 Å². The molecular formula is C13H19N3O. The van der Waals surface area contributed by atoms with Crippen molar-refractivity contribution in [2.45, 2.75) is 38.6 Å². The van der Waals surface area contributed by atoms with Crippen LogP contribution in [0.25, 0.3) is 0 Å². The molecule has 1 aliphatic carbocycles. The molecule has 0 bridgehead atoms. The van der Waals surface area contributed by atoms with Gasteiger partial charge in [-0.2, -0.15) is 0 Å². The van der Waals surface area contributed by atoms with Crippen molar-refractivity contribution in [3.05, 3.63) is 24.0 Å². The fraction of sp³-hybridized carbons (Fsp3) is 0.538. The molecule has 0 saturated heterocycles. The van der Waals surface area contributed by atoms with Gasteiger partial charge in [0.05, 0.1) is 17.9 Å². The first-order valence-corrected chi connectivity index (χ1v) is 6.20. The summed E-state index contributed by atoms with van der Waals surface area (Å²) in [5.41, 5.74) is 1.65. The minimum atomic E-state index is 0.00741. The summed E-state index contributed by atoms with van der Waals surface area (Å²) in [6.45, 7) is 2.28. The van der Waals surface area contributed by atoms with Gasteiger partial charge in [0, 0.05) is 12.2 Å². The molecular weight excluding hydrogens is 214 g/mol. The molecule has 0 aliphatic heterocycles. The van der Waals surface area contributed by atoms with E-state index in [1.54, 1.807) is 6.20 Å². The lowest BCUT2D eigenvalue weighted by molar-refractivity contribution is -0.115. The van der Waals surface area contributed by atoms with Crippen molar-refractivity contribution in [2.75, 3.05) is 11.9 Å². The summed E-state index contributed by atoms with van der Waals surface area (Å²) >= 11 is 0. The Morgan fingerprint density at radius 3 is 2.94 bits per heavy atom. The SMILES string of the molecule is Cc1ncccc1NC(=O)CNC1CCCC1. The first-order valence-electron chi connectivity index (χ1n) is 6.20. The van der Waals surface area contributed by atoms with Crippen molar-refractivity contribution < 1.29 is 4.79 Å². The normalized spacial score (nSPS) is 16.1. The topological polar surface area (TPSA) is 54.0 Å². The van der Waals surface area contributed by atoms with E-state index in [1.165, 1.54) is 25.7 Å². The van der Waals surface area contributed by atoms with E-state index in [2.05, 4.69) is 15.6 Å². The van der Waals surface area contributed by atoms with Gasteiger partial charge in [0.1, 0.15) is 0 Å².